The lowest BCUT2D eigenvalue weighted by Gasteiger charge is -2.24. The van der Waals surface area contributed by atoms with Crippen molar-refractivity contribution in [3.63, 3.8) is 0 Å². The van der Waals surface area contributed by atoms with Crippen LogP contribution < -0.4 is 32.2 Å². The maximum Gasteiger partial charge on any atom is 0.417 e. The van der Waals surface area contributed by atoms with Gasteiger partial charge in [-0.3, -0.25) is 9.59 Å². The largest absolute Gasteiger partial charge is 0.494 e. The molecular weight excluding hydrogens is 661 g/mol. The van der Waals surface area contributed by atoms with Crippen molar-refractivity contribution in [2.45, 2.75) is 59.6 Å². The normalized spacial score (nSPS) is 14.2. The van der Waals surface area contributed by atoms with Gasteiger partial charge in [0.15, 0.2) is 5.94 Å². The highest BCUT2D eigenvalue weighted by Crippen LogP contribution is 2.42. The lowest BCUT2D eigenvalue weighted by Crippen LogP contribution is -2.31. The number of halogens is 3. The number of alkyl halides is 3. The third-order valence-corrected chi connectivity index (χ3v) is 7.63. The molecule has 0 saturated heterocycles. The quantitative estimate of drug-likeness (QED) is 0.0956. The van der Waals surface area contributed by atoms with Crippen molar-refractivity contribution in [3.8, 4) is 16.9 Å². The SMILES string of the molecule is CC.CC.CNC(=O)/C(N)=C(/C=C(\N)NC(=O)C1CC1)Nc1cccc(-c2ccc(C(=C=O)N(C)CC3=CCCC=C3)c(C(F)(F)F)c2)c1OC. The number of para-hydroxylation sites is 1. The van der Waals surface area contributed by atoms with Gasteiger partial charge in [-0.05, 0) is 49.0 Å². The molecule has 10 nitrogen and oxygen atoms in total. The Balaban J connectivity index is 0.00000217. The number of ether oxygens (including phenoxy) is 1. The molecule has 276 valence electrons. The number of benzene rings is 2. The summed E-state index contributed by atoms with van der Waals surface area (Å²) in [5.41, 5.74) is 11.8. The van der Waals surface area contributed by atoms with Gasteiger partial charge in [0.25, 0.3) is 5.91 Å². The van der Waals surface area contributed by atoms with Crippen LogP contribution in [-0.2, 0) is 20.6 Å². The first-order valence-corrected chi connectivity index (χ1v) is 16.9. The summed E-state index contributed by atoms with van der Waals surface area (Å²) in [6, 6.07) is 8.35. The van der Waals surface area contributed by atoms with Gasteiger partial charge in [0, 0.05) is 43.8 Å². The second kappa shape index (κ2) is 19.7. The van der Waals surface area contributed by atoms with Gasteiger partial charge in [-0.1, -0.05) is 70.2 Å². The number of amides is 2. The van der Waals surface area contributed by atoms with E-state index in [0.717, 1.165) is 37.3 Å². The van der Waals surface area contributed by atoms with Crippen LogP contribution in [0.5, 0.6) is 5.75 Å². The molecule has 0 aliphatic heterocycles. The van der Waals surface area contributed by atoms with Crippen LogP contribution in [0.2, 0.25) is 0 Å². The van der Waals surface area contributed by atoms with E-state index in [1.54, 1.807) is 31.2 Å². The van der Waals surface area contributed by atoms with E-state index < -0.39 is 17.6 Å². The van der Waals surface area contributed by atoms with Crippen molar-refractivity contribution in [3.05, 3.63) is 94.6 Å². The number of carbonyl (C=O) groups is 2. The van der Waals surface area contributed by atoms with Gasteiger partial charge in [-0.2, -0.15) is 13.2 Å². The highest BCUT2D eigenvalue weighted by molar-refractivity contribution is 5.95. The minimum absolute atomic E-state index is 0.00597. The summed E-state index contributed by atoms with van der Waals surface area (Å²) in [6.45, 7) is 8.24. The second-order valence-corrected chi connectivity index (χ2v) is 11.1. The third kappa shape index (κ3) is 11.3. The van der Waals surface area contributed by atoms with Crippen LogP contribution in [0.15, 0.2) is 83.5 Å². The van der Waals surface area contributed by atoms with E-state index in [-0.39, 0.29) is 69.4 Å². The smallest absolute Gasteiger partial charge is 0.417 e. The number of rotatable bonds is 12. The summed E-state index contributed by atoms with van der Waals surface area (Å²) in [7, 11) is 4.26. The number of likely N-dealkylation sites (N-methyl/N-ethyl adjacent to an activating group) is 2. The molecule has 0 heterocycles. The fourth-order valence-electron chi connectivity index (χ4n) is 5.08. The van der Waals surface area contributed by atoms with Crippen molar-refractivity contribution < 1.29 is 32.3 Å². The summed E-state index contributed by atoms with van der Waals surface area (Å²) in [6.07, 6.45) is 5.51. The van der Waals surface area contributed by atoms with E-state index >= 15 is 0 Å². The number of anilines is 1. The Morgan fingerprint density at radius 1 is 1.08 bits per heavy atom. The number of allylic oxidation sites excluding steroid dienone is 3. The molecule has 7 N–H and O–H groups in total. The average molecular weight is 711 g/mol. The molecule has 2 aliphatic carbocycles. The molecule has 1 fully saturated rings. The number of hydrogen-bond donors (Lipinski definition) is 5. The molecule has 51 heavy (non-hydrogen) atoms. The van der Waals surface area contributed by atoms with E-state index in [9.17, 15) is 27.6 Å². The van der Waals surface area contributed by atoms with Gasteiger partial charge in [-0.25, -0.2) is 4.79 Å². The van der Waals surface area contributed by atoms with Gasteiger partial charge in [0.2, 0.25) is 5.91 Å². The average Bonchev–Trinajstić information content (AvgIpc) is 3.99. The van der Waals surface area contributed by atoms with Gasteiger partial charge in [-0.15, -0.1) is 0 Å². The summed E-state index contributed by atoms with van der Waals surface area (Å²) >= 11 is 0. The zero-order valence-electron chi connectivity index (χ0n) is 30.3. The number of methoxy groups -OCH3 is 1. The molecule has 2 aromatic rings. The van der Waals surface area contributed by atoms with Gasteiger partial charge in [0.05, 0.1) is 24.1 Å². The molecule has 0 radical (unpaired) electrons. The molecule has 2 aliphatic rings. The number of hydrogen-bond acceptors (Lipinski definition) is 8. The van der Waals surface area contributed by atoms with Crippen LogP contribution in [-0.4, -0.2) is 50.4 Å². The Bertz CT molecular complexity index is 1720. The number of carbonyl (C=O) groups excluding carboxylic acids is 3. The Kier molecular flexibility index (Phi) is 16.1. The summed E-state index contributed by atoms with van der Waals surface area (Å²) in [5.74, 6) is 0.724. The minimum atomic E-state index is -4.81. The number of nitrogens with one attached hydrogen (secondary N) is 3. The first-order chi connectivity index (χ1) is 24.4. The van der Waals surface area contributed by atoms with E-state index in [1.807, 2.05) is 45.9 Å². The van der Waals surface area contributed by atoms with Gasteiger partial charge < -0.3 is 37.1 Å². The highest BCUT2D eigenvalue weighted by Gasteiger charge is 2.36. The second-order valence-electron chi connectivity index (χ2n) is 11.1. The first kappa shape index (κ1) is 41.7. The Hall–Kier alpha value is -5.42. The zero-order valence-corrected chi connectivity index (χ0v) is 30.3. The Morgan fingerprint density at radius 2 is 1.76 bits per heavy atom. The number of nitrogens with zero attached hydrogens (tertiary/aromatic N) is 1. The maximum absolute atomic E-state index is 14.5. The molecule has 2 amide bonds. The standard InChI is InChI=1S/C34H37F3N6O4.2C2H6/c1-40-33(46)30(39)27(17-29(38)42-32(45)21-12-13-21)41-26-11-7-10-23(31(26)47-3)22-14-15-24(25(16-22)34(35,36)37)28(19-44)43(2)18-20-8-5-4-6-9-20;2*1-2/h5,7-11,14-17,21,41H,4,6,12-13,18,38-39H2,1-3H3,(H,40,46)(H,42,45);2*1-2H3/b29-17+,30-27+;;. The topological polar surface area (TPSA) is 152 Å². The molecule has 0 spiro atoms. The van der Waals surface area contributed by atoms with Gasteiger partial charge in [0.1, 0.15) is 23.0 Å². The lowest BCUT2D eigenvalue weighted by atomic mass is 9.95. The first-order valence-electron chi connectivity index (χ1n) is 16.9. The minimum Gasteiger partial charge on any atom is -0.494 e. The molecule has 0 atom stereocenters. The predicted octanol–water partition coefficient (Wildman–Crippen LogP) is 6.47. The van der Waals surface area contributed by atoms with Crippen molar-refractivity contribution in [1.82, 2.24) is 15.5 Å². The van der Waals surface area contributed by atoms with Crippen LogP contribution in [0, 0.1) is 5.92 Å². The molecule has 4 rings (SSSR count). The fraction of sp³-hybridized carbons (Fsp3) is 0.368. The van der Waals surface area contributed by atoms with Crippen LogP contribution >= 0.6 is 0 Å². The van der Waals surface area contributed by atoms with Crippen molar-refractivity contribution in [2.24, 2.45) is 17.4 Å². The molecule has 0 unspecified atom stereocenters. The van der Waals surface area contributed by atoms with Gasteiger partial charge >= 0.3 is 6.18 Å². The van der Waals surface area contributed by atoms with Crippen molar-refractivity contribution >= 4 is 29.1 Å². The van der Waals surface area contributed by atoms with Crippen molar-refractivity contribution in [1.29, 1.82) is 0 Å². The lowest BCUT2D eigenvalue weighted by molar-refractivity contribution is -0.137. The van der Waals surface area contributed by atoms with E-state index in [1.165, 1.54) is 37.3 Å². The Labute approximate surface area is 298 Å². The highest BCUT2D eigenvalue weighted by atomic mass is 19.4. The molecular formula is C38H49F3N6O4. The molecule has 1 saturated carbocycles. The van der Waals surface area contributed by atoms with E-state index in [2.05, 4.69) is 16.0 Å². The molecule has 0 bridgehead atoms. The molecule has 2 aromatic carbocycles. The summed E-state index contributed by atoms with van der Waals surface area (Å²) in [4.78, 5) is 38.2. The monoisotopic (exact) mass is 710 g/mol. The summed E-state index contributed by atoms with van der Waals surface area (Å²) in [5, 5.41) is 7.96. The van der Waals surface area contributed by atoms with E-state index in [4.69, 9.17) is 16.2 Å². The third-order valence-electron chi connectivity index (χ3n) is 7.63. The summed E-state index contributed by atoms with van der Waals surface area (Å²) < 4.78 is 49.2. The molecule has 13 heteroatoms. The van der Waals surface area contributed by atoms with Crippen LogP contribution in [0.3, 0.4) is 0 Å². The van der Waals surface area contributed by atoms with Crippen LogP contribution in [0.1, 0.15) is 64.5 Å². The van der Waals surface area contributed by atoms with E-state index in [0.29, 0.717) is 0 Å². The fourth-order valence-corrected chi connectivity index (χ4v) is 5.08. The maximum atomic E-state index is 14.5. The predicted molar refractivity (Wildman–Crippen MR) is 196 cm³/mol. The molecule has 0 aromatic heterocycles. The van der Waals surface area contributed by atoms with Crippen LogP contribution in [0.4, 0.5) is 18.9 Å². The Morgan fingerprint density at radius 3 is 2.31 bits per heavy atom. The van der Waals surface area contributed by atoms with Crippen LogP contribution in [0.25, 0.3) is 16.8 Å². The van der Waals surface area contributed by atoms with Crippen molar-refractivity contribution in [2.75, 3.05) is 33.1 Å². The number of nitrogens with two attached hydrogens (primary N) is 2. The zero-order chi connectivity index (χ0) is 38.3.